The zero-order valence-corrected chi connectivity index (χ0v) is 8.74. The smallest absolute Gasteiger partial charge is 0.225 e. The predicted molar refractivity (Wildman–Crippen MR) is 55.7 cm³/mol. The highest BCUT2D eigenvalue weighted by atomic mass is 16.2. The molecule has 0 spiro atoms. The average molecular weight is 196 g/mol. The van der Waals surface area contributed by atoms with Crippen molar-refractivity contribution in [1.82, 2.24) is 4.90 Å². The second-order valence-electron chi connectivity index (χ2n) is 4.67. The first-order chi connectivity index (χ1) is 6.81. The fourth-order valence-corrected chi connectivity index (χ4v) is 2.25. The lowest BCUT2D eigenvalue weighted by molar-refractivity contribution is -0.144. The van der Waals surface area contributed by atoms with E-state index in [1.165, 1.54) is 12.8 Å². The average Bonchev–Trinajstić information content (AvgIpc) is 1.98. The lowest BCUT2D eigenvalue weighted by atomic mass is 9.82. The second-order valence-corrected chi connectivity index (χ2v) is 4.67. The van der Waals surface area contributed by atoms with Gasteiger partial charge in [0, 0.05) is 19.0 Å². The molecule has 0 aromatic carbocycles. The Kier molecular flexibility index (Phi) is 3.06. The van der Waals surface area contributed by atoms with E-state index in [2.05, 4.69) is 0 Å². The maximum atomic E-state index is 11.7. The third kappa shape index (κ3) is 1.92. The van der Waals surface area contributed by atoms with Crippen LogP contribution in [0.1, 0.15) is 32.1 Å². The number of nitrogens with zero attached hydrogens (tertiary/aromatic N) is 1. The van der Waals surface area contributed by atoms with Crippen LogP contribution in [0.2, 0.25) is 0 Å². The Labute approximate surface area is 85.6 Å². The van der Waals surface area contributed by atoms with Crippen molar-refractivity contribution in [2.45, 2.75) is 32.1 Å². The van der Waals surface area contributed by atoms with E-state index in [-0.39, 0.29) is 0 Å². The SMILES string of the molecule is NCCCC1CN(C(=O)C2CCC2)C1. The maximum Gasteiger partial charge on any atom is 0.225 e. The second kappa shape index (κ2) is 4.30. The van der Waals surface area contributed by atoms with Crippen molar-refractivity contribution in [1.29, 1.82) is 0 Å². The molecule has 80 valence electrons. The molecule has 1 aliphatic heterocycles. The van der Waals surface area contributed by atoms with E-state index in [9.17, 15) is 4.79 Å². The third-order valence-corrected chi connectivity index (χ3v) is 3.54. The lowest BCUT2D eigenvalue weighted by Gasteiger charge is -2.42. The first-order valence-corrected chi connectivity index (χ1v) is 5.80. The minimum absolute atomic E-state index is 0.380. The van der Waals surface area contributed by atoms with Crippen LogP contribution in [-0.2, 0) is 4.79 Å². The zero-order chi connectivity index (χ0) is 9.97. The molecular formula is C11H20N2O. The fourth-order valence-electron chi connectivity index (χ4n) is 2.25. The van der Waals surface area contributed by atoms with Gasteiger partial charge in [-0.15, -0.1) is 0 Å². The number of hydrogen-bond acceptors (Lipinski definition) is 2. The summed E-state index contributed by atoms with van der Waals surface area (Å²) < 4.78 is 0. The van der Waals surface area contributed by atoms with Crippen LogP contribution in [0.3, 0.4) is 0 Å². The quantitative estimate of drug-likeness (QED) is 0.728. The summed E-state index contributed by atoms with van der Waals surface area (Å²) in [5.41, 5.74) is 5.45. The van der Waals surface area contributed by atoms with E-state index in [4.69, 9.17) is 5.73 Å². The van der Waals surface area contributed by atoms with E-state index < -0.39 is 0 Å². The van der Waals surface area contributed by atoms with Gasteiger partial charge in [0.05, 0.1) is 0 Å². The van der Waals surface area contributed by atoms with Gasteiger partial charge >= 0.3 is 0 Å². The van der Waals surface area contributed by atoms with Crippen molar-refractivity contribution < 1.29 is 4.79 Å². The van der Waals surface area contributed by atoms with Crippen LogP contribution in [0.5, 0.6) is 0 Å². The molecule has 0 atom stereocenters. The maximum absolute atomic E-state index is 11.7. The van der Waals surface area contributed by atoms with Crippen molar-refractivity contribution >= 4 is 5.91 Å². The highest BCUT2D eigenvalue weighted by molar-refractivity contribution is 5.80. The van der Waals surface area contributed by atoms with Crippen LogP contribution in [0.25, 0.3) is 0 Å². The van der Waals surface area contributed by atoms with E-state index in [1.807, 2.05) is 4.90 Å². The van der Waals surface area contributed by atoms with Crippen molar-refractivity contribution in [3.05, 3.63) is 0 Å². The Hall–Kier alpha value is -0.570. The van der Waals surface area contributed by atoms with Crippen LogP contribution >= 0.6 is 0 Å². The molecule has 0 aromatic rings. The molecule has 0 bridgehead atoms. The van der Waals surface area contributed by atoms with E-state index in [0.717, 1.165) is 44.8 Å². The van der Waals surface area contributed by atoms with Gasteiger partial charge in [0.15, 0.2) is 0 Å². The van der Waals surface area contributed by atoms with Crippen molar-refractivity contribution in [3.63, 3.8) is 0 Å². The molecule has 2 fully saturated rings. The summed E-state index contributed by atoms with van der Waals surface area (Å²) in [6.45, 7) is 2.78. The lowest BCUT2D eigenvalue weighted by Crippen LogP contribution is -2.52. The van der Waals surface area contributed by atoms with Gasteiger partial charge in [-0.1, -0.05) is 6.42 Å². The minimum Gasteiger partial charge on any atom is -0.342 e. The predicted octanol–water partition coefficient (Wildman–Crippen LogP) is 0.984. The normalized spacial score (nSPS) is 23.1. The molecule has 0 radical (unpaired) electrons. The van der Waals surface area contributed by atoms with Crippen LogP contribution in [0.15, 0.2) is 0 Å². The standard InChI is InChI=1S/C11H20N2O/c12-6-2-3-9-7-13(8-9)11(14)10-4-1-5-10/h9-10H,1-8,12H2. The number of nitrogens with two attached hydrogens (primary N) is 1. The largest absolute Gasteiger partial charge is 0.342 e. The summed E-state index contributed by atoms with van der Waals surface area (Å²) in [6, 6.07) is 0. The Morgan fingerprint density at radius 1 is 1.36 bits per heavy atom. The summed E-state index contributed by atoms with van der Waals surface area (Å²) in [6.07, 6.45) is 5.81. The first-order valence-electron chi connectivity index (χ1n) is 5.80. The first kappa shape index (κ1) is 9.97. The molecule has 2 N–H and O–H groups in total. The number of rotatable bonds is 4. The van der Waals surface area contributed by atoms with E-state index in [0.29, 0.717) is 11.8 Å². The molecule has 1 amide bonds. The summed E-state index contributed by atoms with van der Waals surface area (Å²) in [5, 5.41) is 0. The van der Waals surface area contributed by atoms with Gasteiger partial charge in [0.2, 0.25) is 5.91 Å². The van der Waals surface area contributed by atoms with Gasteiger partial charge in [0.25, 0.3) is 0 Å². The molecule has 1 heterocycles. The number of hydrogen-bond donors (Lipinski definition) is 1. The topological polar surface area (TPSA) is 46.3 Å². The number of likely N-dealkylation sites (tertiary alicyclic amines) is 1. The molecular weight excluding hydrogens is 176 g/mol. The van der Waals surface area contributed by atoms with Gasteiger partial charge in [0.1, 0.15) is 0 Å². The Morgan fingerprint density at radius 2 is 2.07 bits per heavy atom. The highest BCUT2D eigenvalue weighted by Crippen LogP contribution is 2.31. The Morgan fingerprint density at radius 3 is 2.57 bits per heavy atom. The minimum atomic E-state index is 0.380. The fraction of sp³-hybridized carbons (Fsp3) is 0.909. The van der Waals surface area contributed by atoms with Crippen molar-refractivity contribution in [2.24, 2.45) is 17.6 Å². The number of carbonyl (C=O) groups excluding carboxylic acids is 1. The van der Waals surface area contributed by atoms with E-state index >= 15 is 0 Å². The van der Waals surface area contributed by atoms with Gasteiger partial charge in [-0.25, -0.2) is 0 Å². The van der Waals surface area contributed by atoms with Crippen LogP contribution in [0, 0.1) is 11.8 Å². The summed E-state index contributed by atoms with van der Waals surface area (Å²) in [7, 11) is 0. The third-order valence-electron chi connectivity index (χ3n) is 3.54. The molecule has 3 heteroatoms. The Balaban J connectivity index is 1.64. The number of carbonyl (C=O) groups is 1. The van der Waals surface area contributed by atoms with Gasteiger partial charge in [-0.3, -0.25) is 4.79 Å². The molecule has 2 aliphatic rings. The highest BCUT2D eigenvalue weighted by Gasteiger charge is 2.35. The molecule has 1 aliphatic carbocycles. The van der Waals surface area contributed by atoms with Gasteiger partial charge in [-0.05, 0) is 38.1 Å². The molecule has 1 saturated carbocycles. The van der Waals surface area contributed by atoms with Crippen molar-refractivity contribution in [3.8, 4) is 0 Å². The number of amides is 1. The van der Waals surface area contributed by atoms with Crippen LogP contribution in [-0.4, -0.2) is 30.4 Å². The molecule has 0 unspecified atom stereocenters. The van der Waals surface area contributed by atoms with Gasteiger partial charge in [-0.2, -0.15) is 0 Å². The van der Waals surface area contributed by atoms with Crippen LogP contribution in [0.4, 0.5) is 0 Å². The molecule has 0 aromatic heterocycles. The van der Waals surface area contributed by atoms with E-state index in [1.54, 1.807) is 0 Å². The Bertz CT molecular complexity index is 207. The van der Waals surface area contributed by atoms with Gasteiger partial charge < -0.3 is 10.6 Å². The molecule has 2 rings (SSSR count). The summed E-state index contributed by atoms with van der Waals surface area (Å²) >= 11 is 0. The summed E-state index contributed by atoms with van der Waals surface area (Å²) in [4.78, 5) is 13.8. The zero-order valence-electron chi connectivity index (χ0n) is 8.74. The van der Waals surface area contributed by atoms with Crippen LogP contribution < -0.4 is 5.73 Å². The molecule has 1 saturated heterocycles. The molecule has 14 heavy (non-hydrogen) atoms. The van der Waals surface area contributed by atoms with Crippen molar-refractivity contribution in [2.75, 3.05) is 19.6 Å². The monoisotopic (exact) mass is 196 g/mol. The summed E-state index contributed by atoms with van der Waals surface area (Å²) in [5.74, 6) is 1.54. The molecule has 3 nitrogen and oxygen atoms in total.